The molecule has 0 spiro atoms. The van der Waals surface area contributed by atoms with Crippen LogP contribution >= 0.6 is 19.8 Å². The number of pyridine rings is 2. The van der Waals surface area contributed by atoms with Crippen LogP contribution in [0.3, 0.4) is 0 Å². The van der Waals surface area contributed by atoms with Crippen molar-refractivity contribution < 1.29 is 0 Å². The molecular weight excluding hydrogens is 599 g/mol. The van der Waals surface area contributed by atoms with Crippen molar-refractivity contribution in [2.45, 2.75) is 32.6 Å². The quantitative estimate of drug-likeness (QED) is 0.174. The minimum absolute atomic E-state index is 0.0546. The summed E-state index contributed by atoms with van der Waals surface area (Å²) in [7, 11) is 0. The Balaban J connectivity index is 0.00000158. The Morgan fingerprint density at radius 3 is 1.57 bits per heavy atom. The zero-order valence-electron chi connectivity index (χ0n) is 23.3. The molecule has 2 nitrogen and oxygen atoms in total. The van der Waals surface area contributed by atoms with E-state index in [-0.39, 0.29) is 5.41 Å². The molecule has 40 heavy (non-hydrogen) atoms. The molecule has 3 aromatic carbocycles. The second-order valence-corrected chi connectivity index (χ2v) is 14.7. The number of nitrogens with zero attached hydrogens (tertiary/aromatic N) is 2. The van der Waals surface area contributed by atoms with Gasteiger partial charge in [-0.05, 0) is 0 Å². The zero-order chi connectivity index (χ0) is 27.8. The first-order valence-corrected chi connectivity index (χ1v) is 17.1. The Kier molecular flexibility index (Phi) is 9.02. The van der Waals surface area contributed by atoms with Gasteiger partial charge in [0.2, 0.25) is 0 Å². The summed E-state index contributed by atoms with van der Waals surface area (Å²) in [6, 6.07) is 39.3. The fourth-order valence-corrected chi connectivity index (χ4v) is 12.1. The number of benzene rings is 3. The van der Waals surface area contributed by atoms with Crippen molar-refractivity contribution >= 4 is 19.8 Å². The van der Waals surface area contributed by atoms with Crippen LogP contribution in [0, 0.1) is 10.7 Å². The van der Waals surface area contributed by atoms with Crippen molar-refractivity contribution in [1.29, 1.82) is 0 Å². The van der Waals surface area contributed by atoms with E-state index < -0.39 is 19.8 Å². The van der Waals surface area contributed by atoms with E-state index in [4.69, 9.17) is 9.97 Å². The number of hydrogen-bond donors (Lipinski definition) is 0. The predicted molar refractivity (Wildman–Crippen MR) is 177 cm³/mol. The van der Waals surface area contributed by atoms with E-state index in [1.54, 1.807) is 0 Å². The molecule has 1 aliphatic rings. The van der Waals surface area contributed by atoms with Gasteiger partial charge in [-0.1, -0.05) is 13.8 Å². The van der Waals surface area contributed by atoms with Crippen LogP contribution in [-0.2, 0) is 5.41 Å². The van der Waals surface area contributed by atoms with Crippen LogP contribution in [0.15, 0.2) is 146 Å². The Labute approximate surface area is 246 Å². The maximum atomic E-state index is 4.78. The zero-order valence-corrected chi connectivity index (χ0v) is 25.5. The molecule has 0 amide bonds. The number of aromatic nitrogens is 2. The third kappa shape index (κ3) is 5.71. The summed E-state index contributed by atoms with van der Waals surface area (Å²) in [5.74, 6) is 0. The van der Waals surface area contributed by atoms with Crippen molar-refractivity contribution in [3.63, 3.8) is 0 Å². The second-order valence-electron chi connectivity index (χ2n) is 9.56. The summed E-state index contributed by atoms with van der Waals surface area (Å²) >= 11 is -2.28. The van der Waals surface area contributed by atoms with Crippen LogP contribution < -0.4 is 0 Å². The Morgan fingerprint density at radius 1 is 0.575 bits per heavy atom. The minimum atomic E-state index is -2.28. The fraction of sp³-hybridized carbons (Fsp3) is 0.135. The number of rotatable bonds is 6. The summed E-state index contributed by atoms with van der Waals surface area (Å²) in [6.07, 6.45) is 13.8. The van der Waals surface area contributed by atoms with Gasteiger partial charge in [-0.15, -0.1) is 0 Å². The molecule has 2 aromatic heterocycles. The van der Waals surface area contributed by atoms with Crippen LogP contribution in [0.5, 0.6) is 0 Å². The molecule has 0 bridgehead atoms. The van der Waals surface area contributed by atoms with Gasteiger partial charge < -0.3 is 0 Å². The monoisotopic (exact) mass is 634 g/mol. The van der Waals surface area contributed by atoms with E-state index in [1.165, 1.54) is 27.4 Å². The van der Waals surface area contributed by atoms with Crippen LogP contribution in [0.25, 0.3) is 22.5 Å². The first kappa shape index (κ1) is 27.7. The molecule has 6 rings (SSSR count). The van der Waals surface area contributed by atoms with Gasteiger partial charge in [0.1, 0.15) is 0 Å². The Bertz CT molecular complexity index is 1530. The van der Waals surface area contributed by atoms with Crippen LogP contribution in [-0.4, -0.2) is 9.97 Å². The molecule has 5 aromatic rings. The predicted octanol–water partition coefficient (Wildman–Crippen LogP) is 10.0. The van der Waals surface area contributed by atoms with Crippen molar-refractivity contribution in [1.82, 2.24) is 9.97 Å². The third-order valence-corrected chi connectivity index (χ3v) is 13.3. The summed E-state index contributed by atoms with van der Waals surface area (Å²) in [6.45, 7) is 6.37. The average molecular weight is 635 g/mol. The molecule has 2 heterocycles. The SMILES string of the molecule is CC.CC1(c2ccccc2I(c2ccccc2-c2ccccn2)c2ccccc2-c2ccccn2)C=CC=CC1. The third-order valence-electron chi connectivity index (χ3n) is 6.98. The summed E-state index contributed by atoms with van der Waals surface area (Å²) in [5.41, 5.74) is 5.83. The molecule has 1 unspecified atom stereocenters. The van der Waals surface area contributed by atoms with E-state index in [9.17, 15) is 0 Å². The van der Waals surface area contributed by atoms with Crippen LogP contribution in [0.1, 0.15) is 32.8 Å². The Hall–Kier alpha value is -3.83. The molecule has 0 aliphatic heterocycles. The van der Waals surface area contributed by atoms with E-state index in [2.05, 4.69) is 128 Å². The number of allylic oxidation sites excluding steroid dienone is 4. The molecule has 0 saturated heterocycles. The van der Waals surface area contributed by atoms with E-state index >= 15 is 0 Å². The number of hydrogen-bond acceptors (Lipinski definition) is 2. The normalized spacial score (nSPS) is 16.1. The van der Waals surface area contributed by atoms with Crippen molar-refractivity contribution in [2.75, 3.05) is 0 Å². The summed E-state index contributed by atoms with van der Waals surface area (Å²) in [5, 5.41) is 0. The van der Waals surface area contributed by atoms with Gasteiger partial charge >= 0.3 is 233 Å². The molecule has 200 valence electrons. The van der Waals surface area contributed by atoms with Gasteiger partial charge in [0.05, 0.1) is 0 Å². The number of halogens is 1. The molecule has 0 N–H and O–H groups in total. The molecule has 0 saturated carbocycles. The Morgan fingerprint density at radius 2 is 1.07 bits per heavy atom. The first-order chi connectivity index (χ1) is 19.7. The van der Waals surface area contributed by atoms with Gasteiger partial charge in [0.25, 0.3) is 0 Å². The van der Waals surface area contributed by atoms with Gasteiger partial charge in [-0.2, -0.15) is 0 Å². The van der Waals surface area contributed by atoms with Crippen LogP contribution in [0.4, 0.5) is 0 Å². The topological polar surface area (TPSA) is 25.8 Å². The standard InChI is InChI=1S/C35H29IN2.C2H6/c1-35(23-11-2-12-24-35)29-17-5-8-20-32(29)36(30-18-6-3-15-27(30)33-21-9-13-25-37-33)31-19-7-4-16-28(31)34-22-10-14-26-38-34;1-2/h2-23,25-26H,24H2,1H3;1-2H3. The van der Waals surface area contributed by atoms with Crippen molar-refractivity contribution in [2.24, 2.45) is 0 Å². The maximum absolute atomic E-state index is 4.78. The average Bonchev–Trinajstić information content (AvgIpc) is 3.04. The summed E-state index contributed by atoms with van der Waals surface area (Å²) < 4.78 is 4.25. The van der Waals surface area contributed by atoms with Gasteiger partial charge in [-0.3, -0.25) is 0 Å². The van der Waals surface area contributed by atoms with E-state index in [1.807, 2.05) is 38.4 Å². The fourth-order valence-electron chi connectivity index (χ4n) is 5.06. The van der Waals surface area contributed by atoms with Gasteiger partial charge in [0.15, 0.2) is 0 Å². The molecule has 0 radical (unpaired) electrons. The first-order valence-electron chi connectivity index (χ1n) is 13.9. The van der Waals surface area contributed by atoms with Gasteiger partial charge in [0, 0.05) is 0 Å². The van der Waals surface area contributed by atoms with Crippen molar-refractivity contribution in [3.05, 3.63) is 162 Å². The van der Waals surface area contributed by atoms with Crippen molar-refractivity contribution in [3.8, 4) is 22.5 Å². The van der Waals surface area contributed by atoms with E-state index in [0.29, 0.717) is 0 Å². The molecule has 3 heteroatoms. The second kappa shape index (κ2) is 13.0. The summed E-state index contributed by atoms with van der Waals surface area (Å²) in [4.78, 5) is 9.56. The molecule has 0 fully saturated rings. The van der Waals surface area contributed by atoms with Crippen LogP contribution in [0.2, 0.25) is 0 Å². The molecule has 1 atom stereocenters. The molecular formula is C37H35IN2. The van der Waals surface area contributed by atoms with Gasteiger partial charge in [-0.25, -0.2) is 0 Å². The molecule has 1 aliphatic carbocycles. The van der Waals surface area contributed by atoms with E-state index in [0.717, 1.165) is 17.8 Å².